The minimum atomic E-state index is -0.224. The lowest BCUT2D eigenvalue weighted by Crippen LogP contribution is -1.89. The first-order valence-corrected chi connectivity index (χ1v) is 6.49. The Morgan fingerprint density at radius 1 is 1.05 bits per heavy atom. The van der Waals surface area contributed by atoms with E-state index in [1.807, 2.05) is 36.5 Å². The molecule has 0 bridgehead atoms. The number of imidazole rings is 1. The number of para-hydroxylation sites is 3. The van der Waals surface area contributed by atoms with E-state index < -0.39 is 0 Å². The third kappa shape index (κ3) is 1.69. The summed E-state index contributed by atoms with van der Waals surface area (Å²) in [4.78, 5) is 10.8. The molecule has 0 unspecified atom stereocenters. The Labute approximate surface area is 114 Å². The van der Waals surface area contributed by atoms with Crippen LogP contribution in [0.2, 0.25) is 0 Å². The van der Waals surface area contributed by atoms with Crippen LogP contribution in [-0.4, -0.2) is 15.0 Å². The number of halogens is 1. The third-order valence-electron chi connectivity index (χ3n) is 3.55. The van der Waals surface area contributed by atoms with Gasteiger partial charge < -0.3 is 9.97 Å². The van der Waals surface area contributed by atoms with Crippen molar-refractivity contribution < 1.29 is 4.39 Å². The number of fused-ring (bicyclic) bond motifs is 2. The third-order valence-corrected chi connectivity index (χ3v) is 3.55. The molecule has 3 nitrogen and oxygen atoms in total. The Bertz CT molecular complexity index is 871. The molecule has 2 heterocycles. The first-order chi connectivity index (χ1) is 9.81. The van der Waals surface area contributed by atoms with Crippen LogP contribution in [0.3, 0.4) is 0 Å². The fourth-order valence-electron chi connectivity index (χ4n) is 2.59. The molecule has 0 atom stereocenters. The zero-order valence-electron chi connectivity index (χ0n) is 10.7. The second-order valence-corrected chi connectivity index (χ2v) is 4.85. The molecule has 0 aliphatic carbocycles. The predicted molar refractivity (Wildman–Crippen MR) is 77.2 cm³/mol. The Kier molecular flexibility index (Phi) is 2.36. The van der Waals surface area contributed by atoms with Crippen LogP contribution in [0, 0.1) is 5.82 Å². The number of nitrogens with one attached hydrogen (secondary N) is 2. The molecule has 4 rings (SSSR count). The standard InChI is InChI=1S/C16H12FN3/c17-12-5-3-4-11-10(9-18-16(11)12)8-15-19-13-6-1-2-7-14(13)20-15/h1-7,9,18H,8H2,(H,19,20). The lowest BCUT2D eigenvalue weighted by atomic mass is 10.1. The molecule has 0 amide bonds. The van der Waals surface area contributed by atoms with Crippen LogP contribution in [0.5, 0.6) is 0 Å². The summed E-state index contributed by atoms with van der Waals surface area (Å²) >= 11 is 0. The van der Waals surface area contributed by atoms with Crippen LogP contribution < -0.4 is 0 Å². The number of nitrogens with zero attached hydrogens (tertiary/aromatic N) is 1. The van der Waals surface area contributed by atoms with Crippen LogP contribution >= 0.6 is 0 Å². The molecule has 0 aliphatic rings. The van der Waals surface area contributed by atoms with E-state index in [-0.39, 0.29) is 5.82 Å². The molecular weight excluding hydrogens is 253 g/mol. The van der Waals surface area contributed by atoms with Gasteiger partial charge in [0.15, 0.2) is 0 Å². The zero-order chi connectivity index (χ0) is 13.5. The zero-order valence-corrected chi connectivity index (χ0v) is 10.7. The van der Waals surface area contributed by atoms with E-state index >= 15 is 0 Å². The van der Waals surface area contributed by atoms with Gasteiger partial charge in [0.1, 0.15) is 11.6 Å². The number of hydrogen-bond acceptors (Lipinski definition) is 1. The number of hydrogen-bond donors (Lipinski definition) is 2. The van der Waals surface area contributed by atoms with Crippen LogP contribution in [0.1, 0.15) is 11.4 Å². The van der Waals surface area contributed by atoms with Crippen molar-refractivity contribution in [3.05, 3.63) is 65.9 Å². The molecule has 2 aromatic heterocycles. The highest BCUT2D eigenvalue weighted by atomic mass is 19.1. The number of rotatable bonds is 2. The molecular formula is C16H12FN3. The number of H-pyrrole nitrogens is 2. The highest BCUT2D eigenvalue weighted by Crippen LogP contribution is 2.23. The quantitative estimate of drug-likeness (QED) is 0.569. The summed E-state index contributed by atoms with van der Waals surface area (Å²) in [6, 6.07) is 13.0. The maximum Gasteiger partial charge on any atom is 0.147 e. The fourth-order valence-corrected chi connectivity index (χ4v) is 2.59. The highest BCUT2D eigenvalue weighted by Gasteiger charge is 2.10. The molecule has 0 saturated carbocycles. The molecule has 98 valence electrons. The van der Waals surface area contributed by atoms with Gasteiger partial charge in [0.25, 0.3) is 0 Å². The van der Waals surface area contributed by atoms with Gasteiger partial charge in [-0.1, -0.05) is 24.3 Å². The van der Waals surface area contributed by atoms with Crippen molar-refractivity contribution in [3.8, 4) is 0 Å². The van der Waals surface area contributed by atoms with Crippen LogP contribution in [0.15, 0.2) is 48.7 Å². The lowest BCUT2D eigenvalue weighted by Gasteiger charge is -1.96. The molecule has 4 heteroatoms. The minimum absolute atomic E-state index is 0.224. The van der Waals surface area contributed by atoms with E-state index in [0.717, 1.165) is 27.8 Å². The molecule has 4 aromatic rings. The van der Waals surface area contributed by atoms with E-state index in [4.69, 9.17) is 0 Å². The van der Waals surface area contributed by atoms with Crippen molar-refractivity contribution >= 4 is 21.9 Å². The molecule has 0 spiro atoms. The number of benzene rings is 2. The van der Waals surface area contributed by atoms with Gasteiger partial charge >= 0.3 is 0 Å². The normalized spacial score (nSPS) is 11.4. The van der Waals surface area contributed by atoms with E-state index in [1.54, 1.807) is 6.07 Å². The summed E-state index contributed by atoms with van der Waals surface area (Å²) in [5.41, 5.74) is 3.57. The predicted octanol–water partition coefficient (Wildman–Crippen LogP) is 3.77. The van der Waals surface area contributed by atoms with Gasteiger partial charge in [-0.15, -0.1) is 0 Å². The van der Waals surface area contributed by atoms with Crippen molar-refractivity contribution in [1.29, 1.82) is 0 Å². The molecule has 0 saturated heterocycles. The van der Waals surface area contributed by atoms with Gasteiger partial charge in [-0.05, 0) is 23.8 Å². The number of aromatic amines is 2. The Balaban J connectivity index is 1.78. The molecule has 0 radical (unpaired) electrons. The summed E-state index contributed by atoms with van der Waals surface area (Å²) in [6.45, 7) is 0. The first kappa shape index (κ1) is 11.2. The van der Waals surface area contributed by atoms with Crippen molar-refractivity contribution in [1.82, 2.24) is 15.0 Å². The summed E-state index contributed by atoms with van der Waals surface area (Å²) < 4.78 is 13.7. The van der Waals surface area contributed by atoms with Crippen molar-refractivity contribution in [2.24, 2.45) is 0 Å². The van der Waals surface area contributed by atoms with Gasteiger partial charge in [0.2, 0.25) is 0 Å². The first-order valence-electron chi connectivity index (χ1n) is 6.49. The summed E-state index contributed by atoms with van der Waals surface area (Å²) in [5.74, 6) is 0.662. The Morgan fingerprint density at radius 2 is 1.95 bits per heavy atom. The lowest BCUT2D eigenvalue weighted by molar-refractivity contribution is 0.637. The van der Waals surface area contributed by atoms with E-state index in [1.165, 1.54) is 6.07 Å². The van der Waals surface area contributed by atoms with Gasteiger partial charge in [0, 0.05) is 18.0 Å². The highest BCUT2D eigenvalue weighted by molar-refractivity contribution is 5.84. The molecule has 2 aromatic carbocycles. The van der Waals surface area contributed by atoms with Crippen molar-refractivity contribution in [3.63, 3.8) is 0 Å². The van der Waals surface area contributed by atoms with Crippen molar-refractivity contribution in [2.45, 2.75) is 6.42 Å². The maximum atomic E-state index is 13.7. The second kappa shape index (κ2) is 4.20. The summed E-state index contributed by atoms with van der Waals surface area (Å²) in [5, 5.41) is 0.908. The maximum absolute atomic E-state index is 13.7. The van der Waals surface area contributed by atoms with Crippen LogP contribution in [-0.2, 0) is 6.42 Å². The second-order valence-electron chi connectivity index (χ2n) is 4.85. The molecule has 2 N–H and O–H groups in total. The Morgan fingerprint density at radius 3 is 2.85 bits per heavy atom. The topological polar surface area (TPSA) is 44.5 Å². The minimum Gasteiger partial charge on any atom is -0.359 e. The summed E-state index contributed by atoms with van der Waals surface area (Å²) in [6.07, 6.45) is 2.50. The summed E-state index contributed by atoms with van der Waals surface area (Å²) in [7, 11) is 0. The van der Waals surface area contributed by atoms with E-state index in [0.29, 0.717) is 11.9 Å². The average molecular weight is 265 g/mol. The average Bonchev–Trinajstić information content (AvgIpc) is 3.04. The van der Waals surface area contributed by atoms with E-state index in [9.17, 15) is 4.39 Å². The molecule has 0 aliphatic heterocycles. The molecule has 20 heavy (non-hydrogen) atoms. The fraction of sp³-hybridized carbons (Fsp3) is 0.0625. The monoisotopic (exact) mass is 265 g/mol. The van der Waals surface area contributed by atoms with Crippen LogP contribution in [0.4, 0.5) is 4.39 Å². The SMILES string of the molecule is Fc1cccc2c(Cc3nc4ccccc4[nH]3)c[nH]c12. The largest absolute Gasteiger partial charge is 0.359 e. The van der Waals surface area contributed by atoms with Gasteiger partial charge in [-0.2, -0.15) is 0 Å². The van der Waals surface area contributed by atoms with E-state index in [2.05, 4.69) is 15.0 Å². The van der Waals surface area contributed by atoms with Crippen LogP contribution in [0.25, 0.3) is 21.9 Å². The van der Waals surface area contributed by atoms with Gasteiger partial charge in [-0.3, -0.25) is 0 Å². The smallest absolute Gasteiger partial charge is 0.147 e. The molecule has 0 fully saturated rings. The number of aromatic nitrogens is 3. The van der Waals surface area contributed by atoms with Crippen molar-refractivity contribution in [2.75, 3.05) is 0 Å². The Hall–Kier alpha value is -2.62. The van der Waals surface area contributed by atoms with Gasteiger partial charge in [0.05, 0.1) is 16.6 Å². The van der Waals surface area contributed by atoms with Gasteiger partial charge in [-0.25, -0.2) is 9.37 Å².